The van der Waals surface area contributed by atoms with E-state index in [9.17, 15) is 0 Å². The van der Waals surface area contributed by atoms with Crippen LogP contribution >= 0.6 is 23.5 Å². The van der Waals surface area contributed by atoms with E-state index in [2.05, 4.69) is 43.1 Å². The zero-order valence-electron chi connectivity index (χ0n) is 9.77. The maximum absolute atomic E-state index is 4.62. The number of benzene rings is 1. The van der Waals surface area contributed by atoms with E-state index in [0.29, 0.717) is 0 Å². The van der Waals surface area contributed by atoms with Crippen LogP contribution in [-0.2, 0) is 6.42 Å². The first-order valence-corrected chi connectivity index (χ1v) is 7.64. The summed E-state index contributed by atoms with van der Waals surface area (Å²) in [6.07, 6.45) is 1.15. The lowest BCUT2D eigenvalue weighted by atomic mass is 10.0. The first-order chi connectivity index (χ1) is 7.74. The van der Waals surface area contributed by atoms with Crippen molar-refractivity contribution in [2.24, 2.45) is 10.9 Å². The zero-order chi connectivity index (χ0) is 11.4. The van der Waals surface area contributed by atoms with Crippen LogP contribution in [0.1, 0.15) is 19.4 Å². The molecule has 0 radical (unpaired) electrons. The number of thioether (sulfide) groups is 2. The summed E-state index contributed by atoms with van der Waals surface area (Å²) in [6, 6.07) is 8.65. The van der Waals surface area contributed by atoms with E-state index in [0.717, 1.165) is 18.0 Å². The van der Waals surface area contributed by atoms with Gasteiger partial charge in [0.25, 0.3) is 0 Å². The summed E-state index contributed by atoms with van der Waals surface area (Å²) in [4.78, 5) is 4.62. The normalized spacial score (nSPS) is 15.8. The van der Waals surface area contributed by atoms with Crippen molar-refractivity contribution in [1.29, 1.82) is 0 Å². The van der Waals surface area contributed by atoms with Gasteiger partial charge >= 0.3 is 0 Å². The molecule has 3 heteroatoms. The minimum Gasteiger partial charge on any atom is -0.235 e. The molecule has 1 heterocycles. The number of hydrogen-bond donors (Lipinski definition) is 0. The Bertz CT molecular complexity index is 360. The molecule has 0 atom stereocenters. The van der Waals surface area contributed by atoms with Crippen LogP contribution in [0.5, 0.6) is 0 Å². The van der Waals surface area contributed by atoms with Crippen molar-refractivity contribution in [2.75, 3.05) is 11.5 Å². The van der Waals surface area contributed by atoms with Gasteiger partial charge in [-0.15, -0.1) is 0 Å². The third-order valence-corrected chi connectivity index (χ3v) is 4.79. The maximum Gasteiger partial charge on any atom is 0.130 e. The van der Waals surface area contributed by atoms with Gasteiger partial charge in [0.2, 0.25) is 0 Å². The van der Waals surface area contributed by atoms with Crippen molar-refractivity contribution in [1.82, 2.24) is 0 Å². The SMILES string of the molecule is CC(C)Cc1ccc(N=C2SCCS2)cc1. The lowest BCUT2D eigenvalue weighted by Crippen LogP contribution is -1.92. The zero-order valence-corrected chi connectivity index (χ0v) is 11.4. The van der Waals surface area contributed by atoms with Gasteiger partial charge in [-0.05, 0) is 30.0 Å². The van der Waals surface area contributed by atoms with E-state index < -0.39 is 0 Å². The molecule has 0 saturated carbocycles. The molecule has 16 heavy (non-hydrogen) atoms. The third-order valence-electron chi connectivity index (χ3n) is 2.34. The van der Waals surface area contributed by atoms with Gasteiger partial charge in [-0.2, -0.15) is 0 Å². The molecule has 2 rings (SSSR count). The Kier molecular flexibility index (Phi) is 4.36. The highest BCUT2D eigenvalue weighted by Gasteiger charge is 2.09. The van der Waals surface area contributed by atoms with Crippen LogP contribution in [-0.4, -0.2) is 15.9 Å². The molecule has 0 aromatic heterocycles. The summed E-state index contributed by atoms with van der Waals surface area (Å²) in [5, 5.41) is 0. The highest BCUT2D eigenvalue weighted by atomic mass is 32.2. The van der Waals surface area contributed by atoms with E-state index in [4.69, 9.17) is 0 Å². The van der Waals surface area contributed by atoms with Crippen LogP contribution in [0.3, 0.4) is 0 Å². The highest BCUT2D eigenvalue weighted by molar-refractivity contribution is 8.41. The van der Waals surface area contributed by atoms with E-state index >= 15 is 0 Å². The Hall–Kier alpha value is -0.410. The van der Waals surface area contributed by atoms with Crippen LogP contribution in [0.2, 0.25) is 0 Å². The lowest BCUT2D eigenvalue weighted by molar-refractivity contribution is 0.647. The molecule has 0 unspecified atom stereocenters. The highest BCUT2D eigenvalue weighted by Crippen LogP contribution is 2.29. The fourth-order valence-corrected chi connectivity index (χ4v) is 3.84. The summed E-state index contributed by atoms with van der Waals surface area (Å²) in [7, 11) is 0. The van der Waals surface area contributed by atoms with Gasteiger partial charge in [0.15, 0.2) is 0 Å². The molecule has 0 amide bonds. The molecule has 1 nitrogen and oxygen atoms in total. The predicted molar refractivity (Wildman–Crippen MR) is 77.0 cm³/mol. The van der Waals surface area contributed by atoms with E-state index in [1.807, 2.05) is 23.5 Å². The second-order valence-electron chi connectivity index (χ2n) is 4.34. The quantitative estimate of drug-likeness (QED) is 0.791. The minimum atomic E-state index is 0.720. The molecular formula is C13H17NS2. The summed E-state index contributed by atoms with van der Waals surface area (Å²) in [5.41, 5.74) is 2.50. The monoisotopic (exact) mass is 251 g/mol. The minimum absolute atomic E-state index is 0.720. The molecule has 1 fully saturated rings. The van der Waals surface area contributed by atoms with Crippen LogP contribution < -0.4 is 0 Å². The van der Waals surface area contributed by atoms with Crippen molar-refractivity contribution in [2.45, 2.75) is 20.3 Å². The third kappa shape index (κ3) is 3.56. The Balaban J connectivity index is 2.04. The largest absolute Gasteiger partial charge is 0.235 e. The molecule has 0 N–H and O–H groups in total. The van der Waals surface area contributed by atoms with Gasteiger partial charge in [-0.1, -0.05) is 49.5 Å². The fraction of sp³-hybridized carbons (Fsp3) is 0.462. The molecule has 1 aliphatic heterocycles. The van der Waals surface area contributed by atoms with Gasteiger partial charge in [-0.3, -0.25) is 0 Å². The van der Waals surface area contributed by atoms with Gasteiger partial charge in [0, 0.05) is 11.5 Å². The molecule has 1 aromatic carbocycles. The molecule has 0 spiro atoms. The number of hydrogen-bond acceptors (Lipinski definition) is 3. The van der Waals surface area contributed by atoms with Crippen LogP contribution in [0.25, 0.3) is 0 Å². The molecule has 0 bridgehead atoms. The average Bonchev–Trinajstić information content (AvgIpc) is 2.73. The van der Waals surface area contributed by atoms with Crippen LogP contribution in [0.15, 0.2) is 29.3 Å². The molecule has 0 aliphatic carbocycles. The Labute approximate surface area is 106 Å². The van der Waals surface area contributed by atoms with E-state index in [1.165, 1.54) is 21.4 Å². The molecule has 1 saturated heterocycles. The average molecular weight is 251 g/mol. The van der Waals surface area contributed by atoms with Crippen molar-refractivity contribution >= 4 is 33.6 Å². The summed E-state index contributed by atoms with van der Waals surface area (Å²) < 4.78 is 1.22. The Morgan fingerprint density at radius 3 is 2.31 bits per heavy atom. The smallest absolute Gasteiger partial charge is 0.130 e. The second-order valence-corrected chi connectivity index (χ2v) is 6.76. The first-order valence-electron chi connectivity index (χ1n) is 5.67. The maximum atomic E-state index is 4.62. The van der Waals surface area contributed by atoms with Crippen molar-refractivity contribution < 1.29 is 0 Å². The standard InChI is InChI=1S/C13H17NS2/c1-10(2)9-11-3-5-12(6-4-11)14-13-15-7-8-16-13/h3-6,10H,7-9H2,1-2H3. The van der Waals surface area contributed by atoms with Gasteiger partial charge in [0.1, 0.15) is 4.38 Å². The van der Waals surface area contributed by atoms with E-state index in [-0.39, 0.29) is 0 Å². The topological polar surface area (TPSA) is 12.4 Å². The number of rotatable bonds is 3. The Morgan fingerprint density at radius 1 is 1.12 bits per heavy atom. The fourth-order valence-electron chi connectivity index (χ4n) is 1.65. The Morgan fingerprint density at radius 2 is 1.75 bits per heavy atom. The molecule has 1 aromatic rings. The summed E-state index contributed by atoms with van der Waals surface area (Å²) in [6.45, 7) is 4.50. The van der Waals surface area contributed by atoms with Gasteiger partial charge in [-0.25, -0.2) is 4.99 Å². The summed E-state index contributed by atoms with van der Waals surface area (Å²) >= 11 is 3.73. The van der Waals surface area contributed by atoms with Gasteiger partial charge < -0.3 is 0 Å². The number of aliphatic imine (C=N–C) groups is 1. The van der Waals surface area contributed by atoms with Crippen LogP contribution in [0, 0.1) is 5.92 Å². The van der Waals surface area contributed by atoms with Crippen molar-refractivity contribution in [3.63, 3.8) is 0 Å². The van der Waals surface area contributed by atoms with E-state index in [1.54, 1.807) is 0 Å². The van der Waals surface area contributed by atoms with Crippen molar-refractivity contribution in [3.05, 3.63) is 29.8 Å². The molecular weight excluding hydrogens is 234 g/mol. The second kappa shape index (κ2) is 5.78. The van der Waals surface area contributed by atoms with Crippen LogP contribution in [0.4, 0.5) is 5.69 Å². The number of nitrogens with zero attached hydrogens (tertiary/aromatic N) is 1. The summed E-state index contributed by atoms with van der Waals surface area (Å²) in [5.74, 6) is 3.13. The first kappa shape index (κ1) is 12.1. The van der Waals surface area contributed by atoms with Crippen molar-refractivity contribution in [3.8, 4) is 0 Å². The predicted octanol–water partition coefficient (Wildman–Crippen LogP) is 4.35. The molecule has 1 aliphatic rings. The molecule has 86 valence electrons. The van der Waals surface area contributed by atoms with Gasteiger partial charge in [0.05, 0.1) is 5.69 Å². The lowest BCUT2D eigenvalue weighted by Gasteiger charge is -2.04.